The maximum atomic E-state index is 6.44. The van der Waals surface area contributed by atoms with Gasteiger partial charge in [0.2, 0.25) is 0 Å². The molecule has 3 aromatic rings. The fourth-order valence-corrected chi connectivity index (χ4v) is 6.49. The highest BCUT2D eigenvalue weighted by Gasteiger charge is 2.42. The van der Waals surface area contributed by atoms with Gasteiger partial charge in [0.25, 0.3) is 0 Å². The number of anilines is 1. The van der Waals surface area contributed by atoms with Crippen molar-refractivity contribution in [1.82, 2.24) is 0 Å². The Kier molecular flexibility index (Phi) is 6.53. The molecule has 1 fully saturated rings. The maximum absolute atomic E-state index is 6.44. The average molecular weight is 420 g/mol. The molecule has 0 radical (unpaired) electrons. The summed E-state index contributed by atoms with van der Waals surface area (Å²) in [6.45, 7) is 4.84. The topological polar surface area (TPSA) is 21.7 Å². The van der Waals surface area contributed by atoms with Gasteiger partial charge in [-0.2, -0.15) is 0 Å². The first-order valence-electron chi connectivity index (χ1n) is 10.5. The van der Waals surface area contributed by atoms with E-state index in [-0.39, 0.29) is 12.2 Å². The van der Waals surface area contributed by atoms with Gasteiger partial charge in [-0.25, -0.2) is 0 Å². The van der Waals surface area contributed by atoms with Gasteiger partial charge in [-0.05, 0) is 44.5 Å². The van der Waals surface area contributed by atoms with Crippen molar-refractivity contribution in [2.75, 3.05) is 24.7 Å². The summed E-state index contributed by atoms with van der Waals surface area (Å²) < 4.78 is 12.8. The number of ether oxygens (including phenoxy) is 2. The summed E-state index contributed by atoms with van der Waals surface area (Å²) in [6, 6.07) is 32.1. The highest BCUT2D eigenvalue weighted by molar-refractivity contribution is 7.73. The maximum Gasteiger partial charge on any atom is 0.163 e. The molecule has 30 heavy (non-hydrogen) atoms. The molecule has 0 unspecified atom stereocenters. The van der Waals surface area contributed by atoms with Gasteiger partial charge < -0.3 is 14.4 Å². The van der Waals surface area contributed by atoms with Crippen LogP contribution >= 0.6 is 7.92 Å². The largest absolute Gasteiger partial charge is 0.372 e. The first-order chi connectivity index (χ1) is 14.5. The van der Waals surface area contributed by atoms with Crippen molar-refractivity contribution in [3.63, 3.8) is 0 Å². The van der Waals surface area contributed by atoms with E-state index < -0.39 is 13.7 Å². The lowest BCUT2D eigenvalue weighted by Crippen LogP contribution is -2.38. The zero-order valence-corrected chi connectivity index (χ0v) is 18.8. The minimum absolute atomic E-state index is 0.0163. The van der Waals surface area contributed by atoms with E-state index in [2.05, 4.69) is 96.9 Å². The molecule has 1 aliphatic rings. The zero-order chi connectivity index (χ0) is 21.0. The van der Waals surface area contributed by atoms with Crippen LogP contribution in [0, 0.1) is 0 Å². The summed E-state index contributed by atoms with van der Waals surface area (Å²) >= 11 is 0. The quantitative estimate of drug-likeness (QED) is 0.515. The van der Waals surface area contributed by atoms with E-state index in [1.54, 1.807) is 0 Å². The van der Waals surface area contributed by atoms with E-state index in [0.29, 0.717) is 0 Å². The fraction of sp³-hybridized carbons (Fsp3) is 0.308. The third-order valence-electron chi connectivity index (χ3n) is 5.43. The Morgan fingerprint density at radius 1 is 0.733 bits per heavy atom. The molecule has 4 rings (SSSR count). The molecule has 156 valence electrons. The van der Waals surface area contributed by atoms with Crippen LogP contribution in [0.1, 0.15) is 13.8 Å². The highest BCUT2D eigenvalue weighted by Crippen LogP contribution is 2.40. The van der Waals surface area contributed by atoms with Crippen LogP contribution < -0.4 is 15.5 Å². The van der Waals surface area contributed by atoms with Gasteiger partial charge in [0.15, 0.2) is 5.79 Å². The molecule has 3 aromatic carbocycles. The Bertz CT molecular complexity index is 878. The molecule has 0 amide bonds. The first kappa shape index (κ1) is 21.1. The molecule has 1 aliphatic heterocycles. The van der Waals surface area contributed by atoms with Gasteiger partial charge in [0, 0.05) is 25.4 Å². The molecule has 3 nitrogen and oxygen atoms in total. The molecule has 2 atom stereocenters. The van der Waals surface area contributed by atoms with Crippen LogP contribution in [0.3, 0.4) is 0 Å². The van der Waals surface area contributed by atoms with Crippen molar-refractivity contribution >= 4 is 24.2 Å². The number of hydrogen-bond donors (Lipinski definition) is 0. The summed E-state index contributed by atoms with van der Waals surface area (Å²) in [5.41, 5.74) is 1.19. The smallest absolute Gasteiger partial charge is 0.163 e. The van der Waals surface area contributed by atoms with Gasteiger partial charge in [0.05, 0.1) is 6.10 Å². The van der Waals surface area contributed by atoms with Crippen molar-refractivity contribution in [3.8, 4) is 0 Å². The van der Waals surface area contributed by atoms with E-state index in [9.17, 15) is 0 Å². The van der Waals surface area contributed by atoms with E-state index in [0.717, 1.165) is 12.7 Å². The van der Waals surface area contributed by atoms with Crippen molar-refractivity contribution < 1.29 is 9.47 Å². The number of rotatable bonds is 7. The SMILES string of the molecule is CN(C[C@@H]1OC(C)(C)O[C@H]1CP(c1ccccc1)c1ccccc1)c1ccccc1. The fourth-order valence-electron chi connectivity index (χ4n) is 4.03. The summed E-state index contributed by atoms with van der Waals surface area (Å²) in [5.74, 6) is -0.568. The average Bonchev–Trinajstić information content (AvgIpc) is 3.06. The van der Waals surface area contributed by atoms with Crippen LogP contribution in [0.15, 0.2) is 91.0 Å². The van der Waals surface area contributed by atoms with Crippen LogP contribution in [0.5, 0.6) is 0 Å². The molecule has 0 N–H and O–H groups in total. The lowest BCUT2D eigenvalue weighted by atomic mass is 10.2. The van der Waals surface area contributed by atoms with Crippen LogP contribution in [0.25, 0.3) is 0 Å². The second kappa shape index (κ2) is 9.31. The number of likely N-dealkylation sites (N-methyl/N-ethyl adjacent to an activating group) is 1. The molecule has 0 spiro atoms. The molecule has 1 saturated heterocycles. The lowest BCUT2D eigenvalue weighted by molar-refractivity contribution is -0.143. The van der Waals surface area contributed by atoms with Crippen LogP contribution in [-0.2, 0) is 9.47 Å². The Hall–Kier alpha value is -2.19. The third kappa shape index (κ3) is 5.10. The van der Waals surface area contributed by atoms with Crippen molar-refractivity contribution in [2.45, 2.75) is 31.8 Å². The summed E-state index contributed by atoms with van der Waals surface area (Å²) in [5, 5.41) is 2.75. The van der Waals surface area contributed by atoms with Gasteiger partial charge in [-0.3, -0.25) is 0 Å². The second-order valence-electron chi connectivity index (χ2n) is 8.21. The van der Waals surface area contributed by atoms with Gasteiger partial charge in [-0.15, -0.1) is 0 Å². The Balaban J connectivity index is 1.57. The molecular formula is C26H30NO2P. The Labute approximate surface area is 181 Å². The molecule has 0 bridgehead atoms. The van der Waals surface area contributed by atoms with Gasteiger partial charge in [-0.1, -0.05) is 78.9 Å². The molecule has 1 heterocycles. The second-order valence-corrected chi connectivity index (χ2v) is 10.5. The highest BCUT2D eigenvalue weighted by atomic mass is 31.1. The molecular weight excluding hydrogens is 389 g/mol. The monoisotopic (exact) mass is 419 g/mol. The van der Waals surface area contributed by atoms with E-state index >= 15 is 0 Å². The predicted octanol–water partition coefficient (Wildman–Crippen LogP) is 4.78. The van der Waals surface area contributed by atoms with Crippen molar-refractivity contribution in [3.05, 3.63) is 91.0 Å². The van der Waals surface area contributed by atoms with Crippen molar-refractivity contribution in [2.24, 2.45) is 0 Å². The standard InChI is InChI=1S/C26H30NO2P/c1-26(2)28-24(19-27(3)21-13-7-4-8-14-21)25(29-26)20-30(22-15-9-5-10-16-22)23-17-11-6-12-18-23/h4-18,24-25H,19-20H2,1-3H3/t24-,25-/m0/s1. The third-order valence-corrected chi connectivity index (χ3v) is 8.00. The molecule has 0 aliphatic carbocycles. The minimum atomic E-state index is -0.568. The zero-order valence-electron chi connectivity index (χ0n) is 17.9. The molecule has 0 aromatic heterocycles. The lowest BCUT2D eigenvalue weighted by Gasteiger charge is -2.28. The minimum Gasteiger partial charge on any atom is -0.372 e. The summed E-state index contributed by atoms with van der Waals surface area (Å²) in [4.78, 5) is 2.26. The van der Waals surface area contributed by atoms with E-state index in [1.807, 2.05) is 19.9 Å². The summed E-state index contributed by atoms with van der Waals surface area (Å²) in [6.07, 6.45) is 1.00. The number of para-hydroxylation sites is 1. The first-order valence-corrected chi connectivity index (χ1v) is 12.0. The van der Waals surface area contributed by atoms with Gasteiger partial charge >= 0.3 is 0 Å². The molecule has 4 heteroatoms. The van der Waals surface area contributed by atoms with Gasteiger partial charge in [0.1, 0.15) is 6.10 Å². The predicted molar refractivity (Wildman–Crippen MR) is 127 cm³/mol. The van der Waals surface area contributed by atoms with E-state index in [1.165, 1.54) is 16.3 Å². The Morgan fingerprint density at radius 3 is 1.73 bits per heavy atom. The molecule has 0 saturated carbocycles. The van der Waals surface area contributed by atoms with Crippen LogP contribution in [0.2, 0.25) is 0 Å². The van der Waals surface area contributed by atoms with Crippen molar-refractivity contribution in [1.29, 1.82) is 0 Å². The number of hydrogen-bond acceptors (Lipinski definition) is 3. The normalized spacial score (nSPS) is 20.4. The number of nitrogens with zero attached hydrogens (tertiary/aromatic N) is 1. The summed E-state index contributed by atoms with van der Waals surface area (Å²) in [7, 11) is 1.59. The van der Waals surface area contributed by atoms with E-state index in [4.69, 9.17) is 9.47 Å². The van der Waals surface area contributed by atoms with Crippen LogP contribution in [-0.4, -0.2) is 37.7 Å². The van der Waals surface area contributed by atoms with Crippen LogP contribution in [0.4, 0.5) is 5.69 Å². The number of benzene rings is 3. The Morgan fingerprint density at radius 2 is 1.20 bits per heavy atom.